The quantitative estimate of drug-likeness (QED) is 0.0532. The second-order valence-corrected chi connectivity index (χ2v) is 11.6. The number of quaternary nitrogens is 1. The van der Waals surface area contributed by atoms with Gasteiger partial charge in [-0.3, -0.25) is 4.79 Å². The van der Waals surface area contributed by atoms with Gasteiger partial charge in [0.05, 0.1) is 20.2 Å². The van der Waals surface area contributed by atoms with Crippen LogP contribution in [-0.4, -0.2) is 67.5 Å². The van der Waals surface area contributed by atoms with E-state index in [0.717, 1.165) is 38.5 Å². The van der Waals surface area contributed by atoms with E-state index < -0.39 is 12.2 Å². The minimum Gasteiger partial charge on any atom is -0.460 e. The van der Waals surface area contributed by atoms with Gasteiger partial charge >= 0.3 is 11.9 Å². The van der Waals surface area contributed by atoms with E-state index in [0.29, 0.717) is 36.9 Å². The Balaban J connectivity index is 4.45. The van der Waals surface area contributed by atoms with Crippen molar-refractivity contribution in [3.63, 3.8) is 0 Å². The largest absolute Gasteiger partial charge is 0.460 e. The standard InChI is InChI=1S/C32H62NO5/c1-6-9-12-14-15-16-17-19-21-23-29(34)30(24-20-11-8-3)38-32(36)28-33(4,5)26-27-37-31(35)25-22-18-13-10-7-2/h19,21,29-30,34H,6-18,20,22-28H2,1-5H3/q+1/b21-19-. The van der Waals surface area contributed by atoms with Crippen molar-refractivity contribution in [1.29, 1.82) is 0 Å². The van der Waals surface area contributed by atoms with Gasteiger partial charge in [0.15, 0.2) is 6.54 Å². The molecule has 0 aliphatic rings. The molecule has 38 heavy (non-hydrogen) atoms. The van der Waals surface area contributed by atoms with Crippen molar-refractivity contribution in [3.8, 4) is 0 Å². The molecule has 0 bridgehead atoms. The lowest BCUT2D eigenvalue weighted by Gasteiger charge is -2.30. The highest BCUT2D eigenvalue weighted by Crippen LogP contribution is 2.16. The van der Waals surface area contributed by atoms with Crippen LogP contribution in [0.15, 0.2) is 12.2 Å². The van der Waals surface area contributed by atoms with Crippen molar-refractivity contribution >= 4 is 11.9 Å². The lowest BCUT2D eigenvalue weighted by atomic mass is 10.0. The van der Waals surface area contributed by atoms with Gasteiger partial charge in [-0.05, 0) is 38.5 Å². The molecule has 0 saturated carbocycles. The lowest BCUT2D eigenvalue weighted by Crippen LogP contribution is -2.48. The van der Waals surface area contributed by atoms with Crippen LogP contribution >= 0.6 is 0 Å². The Morgan fingerprint density at radius 2 is 1.34 bits per heavy atom. The van der Waals surface area contributed by atoms with Crippen molar-refractivity contribution in [2.45, 2.75) is 149 Å². The molecule has 0 aromatic carbocycles. The topological polar surface area (TPSA) is 72.8 Å². The third-order valence-corrected chi connectivity index (χ3v) is 7.07. The molecule has 0 aliphatic heterocycles. The number of aliphatic hydroxyl groups excluding tert-OH is 1. The highest BCUT2D eigenvalue weighted by Gasteiger charge is 2.27. The molecule has 6 nitrogen and oxygen atoms in total. The number of allylic oxidation sites excluding steroid dienone is 1. The smallest absolute Gasteiger partial charge is 0.362 e. The molecule has 0 fully saturated rings. The summed E-state index contributed by atoms with van der Waals surface area (Å²) in [6.07, 6.45) is 21.9. The number of carbonyl (C=O) groups excluding carboxylic acids is 2. The number of nitrogens with zero attached hydrogens (tertiary/aromatic N) is 1. The third kappa shape index (κ3) is 22.6. The fraction of sp³-hybridized carbons (Fsp3) is 0.875. The average Bonchev–Trinajstić information content (AvgIpc) is 2.86. The van der Waals surface area contributed by atoms with Crippen molar-refractivity contribution in [3.05, 3.63) is 12.2 Å². The predicted octanol–water partition coefficient (Wildman–Crippen LogP) is 7.52. The molecule has 1 N–H and O–H groups in total. The van der Waals surface area contributed by atoms with Crippen LogP contribution in [0.5, 0.6) is 0 Å². The highest BCUT2D eigenvalue weighted by atomic mass is 16.6. The van der Waals surface area contributed by atoms with Crippen molar-refractivity contribution < 1.29 is 28.7 Å². The molecule has 0 radical (unpaired) electrons. The van der Waals surface area contributed by atoms with Crippen molar-refractivity contribution in [1.82, 2.24) is 0 Å². The van der Waals surface area contributed by atoms with Gasteiger partial charge in [0, 0.05) is 6.42 Å². The number of carbonyl (C=O) groups is 2. The molecular formula is C32H62NO5+. The lowest BCUT2D eigenvalue weighted by molar-refractivity contribution is -0.883. The van der Waals surface area contributed by atoms with Crippen LogP contribution in [0.4, 0.5) is 0 Å². The first kappa shape index (κ1) is 36.6. The van der Waals surface area contributed by atoms with E-state index in [9.17, 15) is 14.7 Å². The summed E-state index contributed by atoms with van der Waals surface area (Å²) in [6, 6.07) is 0. The van der Waals surface area contributed by atoms with Gasteiger partial charge in [0.2, 0.25) is 0 Å². The molecule has 6 heteroatoms. The van der Waals surface area contributed by atoms with Gasteiger partial charge in [-0.15, -0.1) is 0 Å². The monoisotopic (exact) mass is 540 g/mol. The molecule has 0 aliphatic carbocycles. The minimum absolute atomic E-state index is 0.160. The third-order valence-electron chi connectivity index (χ3n) is 7.07. The normalized spacial score (nSPS) is 13.5. The second-order valence-electron chi connectivity index (χ2n) is 11.6. The first-order valence-corrected chi connectivity index (χ1v) is 15.8. The number of hydrogen-bond acceptors (Lipinski definition) is 5. The Hall–Kier alpha value is -1.40. The molecule has 2 atom stereocenters. The molecule has 0 saturated heterocycles. The SMILES string of the molecule is CCCCCCCC/C=C\CC(O)C(CCCCC)OC(=O)C[N+](C)(C)CCOC(=O)CCCCCCC. The fourth-order valence-electron chi connectivity index (χ4n) is 4.46. The zero-order chi connectivity index (χ0) is 28.5. The Kier molecular flexibility index (Phi) is 23.7. The number of hydrogen-bond donors (Lipinski definition) is 1. The fourth-order valence-corrected chi connectivity index (χ4v) is 4.46. The van der Waals surface area contributed by atoms with Crippen LogP contribution in [-0.2, 0) is 19.1 Å². The van der Waals surface area contributed by atoms with Crippen molar-refractivity contribution in [2.75, 3.05) is 33.8 Å². The molecule has 224 valence electrons. The van der Waals surface area contributed by atoms with E-state index in [-0.39, 0.29) is 18.5 Å². The molecule has 0 heterocycles. The average molecular weight is 541 g/mol. The summed E-state index contributed by atoms with van der Waals surface area (Å²) < 4.78 is 11.6. The number of aliphatic hydroxyl groups is 1. The second kappa shape index (κ2) is 24.6. The van der Waals surface area contributed by atoms with Crippen LogP contribution in [0.1, 0.15) is 136 Å². The van der Waals surface area contributed by atoms with E-state index in [1.54, 1.807) is 0 Å². The maximum atomic E-state index is 12.8. The van der Waals surface area contributed by atoms with E-state index in [4.69, 9.17) is 9.47 Å². The Morgan fingerprint density at radius 3 is 2.00 bits per heavy atom. The van der Waals surface area contributed by atoms with Gasteiger partial charge in [0.25, 0.3) is 0 Å². The number of unbranched alkanes of at least 4 members (excludes halogenated alkanes) is 12. The zero-order valence-electron chi connectivity index (χ0n) is 25.7. The highest BCUT2D eigenvalue weighted by molar-refractivity contribution is 5.71. The Morgan fingerprint density at radius 1 is 0.763 bits per heavy atom. The number of ether oxygens (including phenoxy) is 2. The zero-order valence-corrected chi connectivity index (χ0v) is 25.7. The van der Waals surface area contributed by atoms with Crippen LogP contribution in [0.25, 0.3) is 0 Å². The summed E-state index contributed by atoms with van der Waals surface area (Å²) >= 11 is 0. The summed E-state index contributed by atoms with van der Waals surface area (Å²) in [4.78, 5) is 24.8. The first-order valence-electron chi connectivity index (χ1n) is 15.8. The first-order chi connectivity index (χ1) is 18.3. The number of rotatable bonds is 26. The van der Waals surface area contributed by atoms with E-state index in [1.807, 2.05) is 20.2 Å². The summed E-state index contributed by atoms with van der Waals surface area (Å²) in [5.41, 5.74) is 0. The predicted molar refractivity (Wildman–Crippen MR) is 158 cm³/mol. The van der Waals surface area contributed by atoms with Gasteiger partial charge in [-0.2, -0.15) is 0 Å². The Bertz CT molecular complexity index is 605. The molecular weight excluding hydrogens is 478 g/mol. The molecule has 2 unspecified atom stereocenters. The van der Waals surface area contributed by atoms with Crippen LogP contribution in [0.2, 0.25) is 0 Å². The van der Waals surface area contributed by atoms with E-state index in [1.165, 1.54) is 57.8 Å². The molecule has 0 rings (SSSR count). The van der Waals surface area contributed by atoms with Gasteiger partial charge in [0.1, 0.15) is 19.3 Å². The maximum Gasteiger partial charge on any atom is 0.362 e. The number of likely N-dealkylation sites (N-methyl/N-ethyl adjacent to an activating group) is 1. The maximum absolute atomic E-state index is 12.8. The minimum atomic E-state index is -0.689. The molecule has 0 aromatic rings. The summed E-state index contributed by atoms with van der Waals surface area (Å²) in [6.45, 7) is 7.56. The van der Waals surface area contributed by atoms with Gasteiger partial charge in [-0.25, -0.2) is 4.79 Å². The van der Waals surface area contributed by atoms with Gasteiger partial charge in [-0.1, -0.05) is 104 Å². The van der Waals surface area contributed by atoms with Crippen LogP contribution in [0, 0.1) is 0 Å². The van der Waals surface area contributed by atoms with Crippen LogP contribution in [0.3, 0.4) is 0 Å². The summed E-state index contributed by atoms with van der Waals surface area (Å²) in [5.74, 6) is -0.471. The molecule has 0 aromatic heterocycles. The molecule has 0 amide bonds. The van der Waals surface area contributed by atoms with E-state index >= 15 is 0 Å². The summed E-state index contributed by atoms with van der Waals surface area (Å²) in [5, 5.41) is 10.8. The molecule has 0 spiro atoms. The van der Waals surface area contributed by atoms with Gasteiger partial charge < -0.3 is 19.1 Å². The number of esters is 2. The van der Waals surface area contributed by atoms with Crippen molar-refractivity contribution in [2.24, 2.45) is 0 Å². The Labute approximate surface area is 235 Å². The summed E-state index contributed by atoms with van der Waals surface area (Å²) in [7, 11) is 3.88. The van der Waals surface area contributed by atoms with E-state index in [2.05, 4.69) is 26.8 Å². The van der Waals surface area contributed by atoms with Crippen LogP contribution < -0.4 is 0 Å².